The summed E-state index contributed by atoms with van der Waals surface area (Å²) < 4.78 is 0. The fourth-order valence-corrected chi connectivity index (χ4v) is 4.30. The monoisotopic (exact) mass is 424 g/mol. The molecule has 0 saturated carbocycles. The highest BCUT2D eigenvalue weighted by Gasteiger charge is 2.11. The van der Waals surface area contributed by atoms with Gasteiger partial charge in [-0.25, -0.2) is 0 Å². The molecule has 3 aromatic carbocycles. The standard InChI is InChI=1S/C30H36N2/c1-5-21-19-27(31)15-13-25(21)17-23(7-3)29-11-9-10-12-30(29)24(8-4)18-26-14-16-28(32)20-22(26)6-2/h9-20H,5-8,31-32H2,1-4H3. The van der Waals surface area contributed by atoms with Crippen molar-refractivity contribution in [3.05, 3.63) is 94.0 Å². The van der Waals surface area contributed by atoms with Crippen LogP contribution in [0.1, 0.15) is 73.9 Å². The molecule has 0 unspecified atom stereocenters. The molecule has 0 radical (unpaired) electrons. The van der Waals surface area contributed by atoms with Crippen LogP contribution in [-0.4, -0.2) is 0 Å². The molecule has 0 heterocycles. The van der Waals surface area contributed by atoms with Crippen molar-refractivity contribution in [2.45, 2.75) is 53.4 Å². The number of anilines is 2. The van der Waals surface area contributed by atoms with Crippen molar-refractivity contribution in [2.75, 3.05) is 11.5 Å². The predicted molar refractivity (Wildman–Crippen MR) is 143 cm³/mol. The lowest BCUT2D eigenvalue weighted by molar-refractivity contribution is 1.13. The summed E-state index contributed by atoms with van der Waals surface area (Å²) in [6.45, 7) is 8.83. The van der Waals surface area contributed by atoms with Gasteiger partial charge in [-0.3, -0.25) is 0 Å². The first-order chi connectivity index (χ1) is 15.5. The molecule has 0 aliphatic carbocycles. The minimum atomic E-state index is 0.823. The molecule has 0 atom stereocenters. The molecule has 0 amide bonds. The van der Waals surface area contributed by atoms with E-state index in [1.165, 1.54) is 44.5 Å². The minimum absolute atomic E-state index is 0.823. The molecule has 3 rings (SSSR count). The van der Waals surface area contributed by atoms with Crippen LogP contribution >= 0.6 is 0 Å². The van der Waals surface area contributed by atoms with Gasteiger partial charge in [0.05, 0.1) is 0 Å². The average molecular weight is 425 g/mol. The predicted octanol–water partition coefficient (Wildman–Crippen LogP) is 7.88. The second kappa shape index (κ2) is 10.9. The maximum Gasteiger partial charge on any atom is 0.0317 e. The molecule has 0 aromatic heterocycles. The van der Waals surface area contributed by atoms with Gasteiger partial charge in [0.15, 0.2) is 0 Å². The summed E-state index contributed by atoms with van der Waals surface area (Å²) in [5, 5.41) is 0. The third-order valence-electron chi connectivity index (χ3n) is 6.14. The third kappa shape index (κ3) is 5.31. The number of nitrogen functional groups attached to an aromatic ring is 2. The van der Waals surface area contributed by atoms with Crippen LogP contribution < -0.4 is 11.5 Å². The molecular weight excluding hydrogens is 388 g/mol. The molecule has 3 aromatic rings. The van der Waals surface area contributed by atoms with Crippen LogP contribution in [0, 0.1) is 0 Å². The number of nitrogens with two attached hydrogens (primary N) is 2. The molecule has 4 N–H and O–H groups in total. The molecule has 0 aliphatic rings. The van der Waals surface area contributed by atoms with Crippen molar-refractivity contribution in [2.24, 2.45) is 0 Å². The molecule has 2 nitrogen and oxygen atoms in total. The van der Waals surface area contributed by atoms with E-state index in [2.05, 4.69) is 88.4 Å². The zero-order chi connectivity index (χ0) is 23.1. The second-order valence-corrected chi connectivity index (χ2v) is 8.22. The number of hydrogen-bond donors (Lipinski definition) is 2. The molecule has 32 heavy (non-hydrogen) atoms. The first-order valence-electron chi connectivity index (χ1n) is 11.8. The molecule has 2 heteroatoms. The summed E-state index contributed by atoms with van der Waals surface area (Å²) in [4.78, 5) is 0. The van der Waals surface area contributed by atoms with Crippen molar-refractivity contribution in [3.63, 3.8) is 0 Å². The summed E-state index contributed by atoms with van der Waals surface area (Å²) in [7, 11) is 0. The van der Waals surface area contributed by atoms with E-state index in [4.69, 9.17) is 11.5 Å². The smallest absolute Gasteiger partial charge is 0.0317 e. The Kier molecular flexibility index (Phi) is 7.94. The maximum absolute atomic E-state index is 6.03. The minimum Gasteiger partial charge on any atom is -0.399 e. The van der Waals surface area contributed by atoms with Crippen LogP contribution in [-0.2, 0) is 12.8 Å². The molecule has 0 fully saturated rings. The highest BCUT2D eigenvalue weighted by atomic mass is 14.5. The topological polar surface area (TPSA) is 52.0 Å². The van der Waals surface area contributed by atoms with Gasteiger partial charge in [0, 0.05) is 11.4 Å². The number of benzene rings is 3. The maximum atomic E-state index is 6.03. The lowest BCUT2D eigenvalue weighted by Gasteiger charge is -2.16. The summed E-state index contributed by atoms with van der Waals surface area (Å²) in [5.41, 5.74) is 24.1. The number of rotatable bonds is 8. The Balaban J connectivity index is 2.13. The summed E-state index contributed by atoms with van der Waals surface area (Å²) in [5.74, 6) is 0. The quantitative estimate of drug-likeness (QED) is 0.285. The van der Waals surface area contributed by atoms with E-state index < -0.39 is 0 Å². The van der Waals surface area contributed by atoms with Crippen LogP contribution in [0.3, 0.4) is 0 Å². The van der Waals surface area contributed by atoms with Crippen LogP contribution in [0.25, 0.3) is 23.3 Å². The highest BCUT2D eigenvalue weighted by Crippen LogP contribution is 2.33. The molecule has 166 valence electrons. The zero-order valence-electron chi connectivity index (χ0n) is 19.9. The van der Waals surface area contributed by atoms with Gasteiger partial charge in [-0.1, -0.05) is 76.2 Å². The van der Waals surface area contributed by atoms with Crippen LogP contribution in [0.15, 0.2) is 60.7 Å². The Labute approximate surface area is 193 Å². The Morgan fingerprint density at radius 2 is 1.03 bits per heavy atom. The van der Waals surface area contributed by atoms with E-state index in [0.717, 1.165) is 37.1 Å². The number of hydrogen-bond acceptors (Lipinski definition) is 2. The first-order valence-corrected chi connectivity index (χ1v) is 11.8. The van der Waals surface area contributed by atoms with Crippen molar-refractivity contribution < 1.29 is 0 Å². The Bertz CT molecular complexity index is 1040. The van der Waals surface area contributed by atoms with Crippen molar-refractivity contribution >= 4 is 34.7 Å². The third-order valence-corrected chi connectivity index (χ3v) is 6.14. The fourth-order valence-electron chi connectivity index (χ4n) is 4.30. The molecule has 0 saturated heterocycles. The van der Waals surface area contributed by atoms with Gasteiger partial charge < -0.3 is 11.5 Å². The van der Waals surface area contributed by atoms with Gasteiger partial charge in [-0.05, 0) is 94.5 Å². The largest absolute Gasteiger partial charge is 0.399 e. The molecular formula is C30H36N2. The van der Waals surface area contributed by atoms with E-state index in [-0.39, 0.29) is 0 Å². The summed E-state index contributed by atoms with van der Waals surface area (Å²) in [6.07, 6.45) is 8.53. The Hall–Kier alpha value is -3.26. The number of allylic oxidation sites excluding steroid dienone is 2. The second-order valence-electron chi connectivity index (χ2n) is 8.22. The molecule has 0 bridgehead atoms. The van der Waals surface area contributed by atoms with E-state index in [1.54, 1.807) is 0 Å². The van der Waals surface area contributed by atoms with Crippen molar-refractivity contribution in [1.82, 2.24) is 0 Å². The lowest BCUT2D eigenvalue weighted by Crippen LogP contribution is -1.96. The summed E-state index contributed by atoms with van der Waals surface area (Å²) in [6, 6.07) is 21.2. The Morgan fingerprint density at radius 3 is 1.38 bits per heavy atom. The van der Waals surface area contributed by atoms with Crippen LogP contribution in [0.4, 0.5) is 11.4 Å². The molecule has 0 aliphatic heterocycles. The van der Waals surface area contributed by atoms with Crippen molar-refractivity contribution in [3.8, 4) is 0 Å². The van der Waals surface area contributed by atoms with Crippen molar-refractivity contribution in [1.29, 1.82) is 0 Å². The van der Waals surface area contributed by atoms with Gasteiger partial charge in [-0.15, -0.1) is 0 Å². The lowest BCUT2D eigenvalue weighted by atomic mass is 9.89. The van der Waals surface area contributed by atoms with Gasteiger partial charge >= 0.3 is 0 Å². The van der Waals surface area contributed by atoms with E-state index in [1.807, 2.05) is 12.1 Å². The summed E-state index contributed by atoms with van der Waals surface area (Å²) >= 11 is 0. The van der Waals surface area contributed by atoms with E-state index >= 15 is 0 Å². The zero-order valence-corrected chi connectivity index (χ0v) is 19.9. The van der Waals surface area contributed by atoms with Gasteiger partial charge in [-0.2, -0.15) is 0 Å². The SMILES string of the molecule is CCC(=Cc1ccc(N)cc1CC)c1ccccc1C(=Cc1ccc(N)cc1CC)CC. The molecule has 0 spiro atoms. The fraction of sp³-hybridized carbons (Fsp3) is 0.267. The Morgan fingerprint density at radius 1 is 0.625 bits per heavy atom. The van der Waals surface area contributed by atoms with Crippen LogP contribution in [0.2, 0.25) is 0 Å². The highest BCUT2D eigenvalue weighted by molar-refractivity contribution is 5.92. The van der Waals surface area contributed by atoms with E-state index in [9.17, 15) is 0 Å². The van der Waals surface area contributed by atoms with Crippen LogP contribution in [0.5, 0.6) is 0 Å². The average Bonchev–Trinajstić information content (AvgIpc) is 2.82. The van der Waals surface area contributed by atoms with Gasteiger partial charge in [0.2, 0.25) is 0 Å². The van der Waals surface area contributed by atoms with E-state index in [0.29, 0.717) is 0 Å². The van der Waals surface area contributed by atoms with Gasteiger partial charge in [0.25, 0.3) is 0 Å². The number of aryl methyl sites for hydroxylation is 2. The van der Waals surface area contributed by atoms with Gasteiger partial charge in [0.1, 0.15) is 0 Å². The normalized spacial score (nSPS) is 12.2. The first kappa shape index (κ1) is 23.4.